The van der Waals surface area contributed by atoms with Gasteiger partial charge in [-0.25, -0.2) is 13.1 Å². The summed E-state index contributed by atoms with van der Waals surface area (Å²) in [5.41, 5.74) is 0.0449. The van der Waals surface area contributed by atoms with E-state index in [1.165, 1.54) is 18.2 Å². The van der Waals surface area contributed by atoms with Crippen molar-refractivity contribution in [1.29, 1.82) is 5.26 Å². The van der Waals surface area contributed by atoms with Gasteiger partial charge in [0.25, 0.3) is 0 Å². The van der Waals surface area contributed by atoms with Crippen molar-refractivity contribution in [2.75, 3.05) is 6.54 Å². The quantitative estimate of drug-likeness (QED) is 0.876. The summed E-state index contributed by atoms with van der Waals surface area (Å²) in [7, 11) is -3.60. The third-order valence-corrected chi connectivity index (χ3v) is 3.52. The van der Waals surface area contributed by atoms with Crippen molar-refractivity contribution in [3.63, 3.8) is 0 Å². The maximum Gasteiger partial charge on any atom is 0.241 e. The molecule has 6 heteroatoms. The first-order valence-corrected chi connectivity index (χ1v) is 6.06. The van der Waals surface area contributed by atoms with Gasteiger partial charge in [-0.15, -0.1) is 0 Å². The zero-order valence-corrected chi connectivity index (χ0v) is 9.56. The molecule has 0 aliphatic heterocycles. The van der Waals surface area contributed by atoms with E-state index in [0.717, 1.165) is 0 Å². The number of sulfonamides is 1. The van der Waals surface area contributed by atoms with Crippen molar-refractivity contribution < 1.29 is 8.42 Å². The van der Waals surface area contributed by atoms with Crippen molar-refractivity contribution in [3.05, 3.63) is 28.8 Å². The number of rotatable bonds is 3. The molecule has 1 N–H and O–H groups in total. The van der Waals surface area contributed by atoms with Crippen molar-refractivity contribution in [2.45, 2.75) is 11.8 Å². The van der Waals surface area contributed by atoms with Gasteiger partial charge in [0.2, 0.25) is 10.0 Å². The van der Waals surface area contributed by atoms with E-state index in [1.807, 2.05) is 0 Å². The Morgan fingerprint density at radius 1 is 1.53 bits per heavy atom. The summed E-state index contributed by atoms with van der Waals surface area (Å²) in [4.78, 5) is -0.0451. The summed E-state index contributed by atoms with van der Waals surface area (Å²) in [6.45, 7) is 1.94. The molecule has 0 aromatic heterocycles. The normalized spacial score (nSPS) is 11.0. The minimum Gasteiger partial charge on any atom is -0.211 e. The highest BCUT2D eigenvalue weighted by Crippen LogP contribution is 2.19. The van der Waals surface area contributed by atoms with Gasteiger partial charge < -0.3 is 0 Å². The molecule has 4 nitrogen and oxygen atoms in total. The van der Waals surface area contributed by atoms with Crippen molar-refractivity contribution >= 4 is 21.6 Å². The van der Waals surface area contributed by atoms with E-state index >= 15 is 0 Å². The van der Waals surface area contributed by atoms with Crippen LogP contribution in [0.1, 0.15) is 12.5 Å². The Morgan fingerprint density at radius 2 is 2.20 bits per heavy atom. The molecule has 1 rings (SSSR count). The molecule has 0 aliphatic rings. The molecular formula is C9H9ClN2O2S. The minimum absolute atomic E-state index is 0.0449. The van der Waals surface area contributed by atoms with Crippen LogP contribution in [-0.2, 0) is 10.0 Å². The average molecular weight is 245 g/mol. The van der Waals surface area contributed by atoms with E-state index in [9.17, 15) is 8.42 Å². The summed E-state index contributed by atoms with van der Waals surface area (Å²) >= 11 is 5.66. The first-order valence-electron chi connectivity index (χ1n) is 4.20. The zero-order valence-electron chi connectivity index (χ0n) is 7.99. The summed E-state index contributed by atoms with van der Waals surface area (Å²) in [5.74, 6) is 0. The molecule has 15 heavy (non-hydrogen) atoms. The number of hydrogen-bond acceptors (Lipinski definition) is 3. The van der Waals surface area contributed by atoms with Crippen molar-refractivity contribution in [1.82, 2.24) is 4.72 Å². The van der Waals surface area contributed by atoms with E-state index in [4.69, 9.17) is 16.9 Å². The summed E-state index contributed by atoms with van der Waals surface area (Å²) < 4.78 is 25.5. The van der Waals surface area contributed by atoms with E-state index in [0.29, 0.717) is 5.02 Å². The lowest BCUT2D eigenvalue weighted by molar-refractivity contribution is 0.583. The maximum absolute atomic E-state index is 11.6. The number of nitrogens with one attached hydrogen (secondary N) is 1. The molecule has 0 unspecified atom stereocenters. The third kappa shape index (κ3) is 2.69. The van der Waals surface area contributed by atoms with Crippen LogP contribution in [0.5, 0.6) is 0 Å². The van der Waals surface area contributed by atoms with Gasteiger partial charge in [0.1, 0.15) is 6.07 Å². The van der Waals surface area contributed by atoms with Crippen LogP contribution in [0.15, 0.2) is 23.1 Å². The van der Waals surface area contributed by atoms with Crippen molar-refractivity contribution in [3.8, 4) is 6.07 Å². The van der Waals surface area contributed by atoms with Gasteiger partial charge >= 0.3 is 0 Å². The summed E-state index contributed by atoms with van der Waals surface area (Å²) in [6, 6.07) is 5.88. The van der Waals surface area contributed by atoms with E-state index in [2.05, 4.69) is 4.72 Å². The number of nitriles is 1. The third-order valence-electron chi connectivity index (χ3n) is 1.69. The zero-order chi connectivity index (χ0) is 11.5. The second-order valence-corrected chi connectivity index (χ2v) is 4.93. The van der Waals surface area contributed by atoms with Crippen LogP contribution in [0, 0.1) is 11.3 Å². The number of benzene rings is 1. The van der Waals surface area contributed by atoms with Crippen LogP contribution in [0.4, 0.5) is 0 Å². The molecule has 0 radical (unpaired) electrons. The first-order chi connectivity index (χ1) is 7.01. The monoisotopic (exact) mass is 244 g/mol. The molecule has 0 saturated heterocycles. The second-order valence-electron chi connectivity index (χ2n) is 2.75. The van der Waals surface area contributed by atoms with Gasteiger partial charge in [0.05, 0.1) is 10.5 Å². The fraction of sp³-hybridized carbons (Fsp3) is 0.222. The number of nitrogens with zero attached hydrogens (tertiary/aromatic N) is 1. The van der Waals surface area contributed by atoms with Gasteiger partial charge in [-0.2, -0.15) is 5.26 Å². The first kappa shape index (κ1) is 12.0. The van der Waals surface area contributed by atoms with Crippen molar-refractivity contribution in [2.24, 2.45) is 0 Å². The fourth-order valence-electron chi connectivity index (χ4n) is 1.09. The van der Waals surface area contributed by atoms with Crippen LogP contribution < -0.4 is 4.72 Å². The Labute approximate surface area is 93.5 Å². The molecule has 0 bridgehead atoms. The Bertz CT molecular complexity index is 505. The molecular weight excluding hydrogens is 236 g/mol. The molecule has 0 aliphatic carbocycles. The van der Waals surface area contributed by atoms with Crippen LogP contribution in [0.2, 0.25) is 5.02 Å². The lowest BCUT2D eigenvalue weighted by Crippen LogP contribution is -2.23. The van der Waals surface area contributed by atoms with Gasteiger partial charge in [0.15, 0.2) is 0 Å². The van der Waals surface area contributed by atoms with E-state index in [1.54, 1.807) is 13.0 Å². The van der Waals surface area contributed by atoms with Crippen LogP contribution in [0.25, 0.3) is 0 Å². The SMILES string of the molecule is CCNS(=O)(=O)c1ccc(Cl)cc1C#N. The Hall–Kier alpha value is -1.09. The topological polar surface area (TPSA) is 70.0 Å². The Balaban J connectivity index is 3.33. The van der Waals surface area contributed by atoms with E-state index in [-0.39, 0.29) is 17.0 Å². The van der Waals surface area contributed by atoms with Gasteiger partial charge in [-0.1, -0.05) is 18.5 Å². The second kappa shape index (κ2) is 4.62. The molecule has 0 spiro atoms. The highest BCUT2D eigenvalue weighted by atomic mass is 35.5. The molecule has 0 heterocycles. The molecule has 0 amide bonds. The molecule has 1 aromatic rings. The molecule has 1 aromatic carbocycles. The van der Waals surface area contributed by atoms with Crippen LogP contribution in [0.3, 0.4) is 0 Å². The van der Waals surface area contributed by atoms with Gasteiger partial charge in [-0.3, -0.25) is 0 Å². The Kier molecular flexibility index (Phi) is 3.69. The lowest BCUT2D eigenvalue weighted by atomic mass is 10.2. The highest BCUT2D eigenvalue weighted by molar-refractivity contribution is 7.89. The smallest absolute Gasteiger partial charge is 0.211 e. The van der Waals surface area contributed by atoms with Gasteiger partial charge in [-0.05, 0) is 18.2 Å². The number of hydrogen-bond donors (Lipinski definition) is 1. The Morgan fingerprint density at radius 3 is 2.73 bits per heavy atom. The maximum atomic E-state index is 11.6. The summed E-state index contributed by atoms with van der Waals surface area (Å²) in [5, 5.41) is 9.11. The number of halogens is 1. The molecule has 80 valence electrons. The average Bonchev–Trinajstić information content (AvgIpc) is 2.17. The van der Waals surface area contributed by atoms with Crippen LogP contribution in [-0.4, -0.2) is 15.0 Å². The standard InChI is InChI=1S/C9H9ClN2O2S/c1-2-12-15(13,14)9-4-3-8(10)5-7(9)6-11/h3-5,12H,2H2,1H3. The molecule has 0 fully saturated rings. The lowest BCUT2D eigenvalue weighted by Gasteiger charge is -2.06. The largest absolute Gasteiger partial charge is 0.241 e. The van der Waals surface area contributed by atoms with E-state index < -0.39 is 10.0 Å². The fourth-order valence-corrected chi connectivity index (χ4v) is 2.44. The predicted molar refractivity (Wildman–Crippen MR) is 57.0 cm³/mol. The van der Waals surface area contributed by atoms with Crippen LogP contribution >= 0.6 is 11.6 Å². The molecule has 0 atom stereocenters. The van der Waals surface area contributed by atoms with Gasteiger partial charge in [0, 0.05) is 11.6 Å². The molecule has 0 saturated carbocycles. The highest BCUT2D eigenvalue weighted by Gasteiger charge is 2.17. The predicted octanol–water partition coefficient (Wildman–Crippen LogP) is 1.51. The minimum atomic E-state index is -3.60. The summed E-state index contributed by atoms with van der Waals surface area (Å²) in [6.07, 6.45) is 0.